The van der Waals surface area contributed by atoms with Gasteiger partial charge in [-0.25, -0.2) is 9.67 Å². The summed E-state index contributed by atoms with van der Waals surface area (Å²) in [7, 11) is 0. The molecule has 1 aliphatic rings. The number of carbonyl (C=O) groups is 1. The van der Waals surface area contributed by atoms with Gasteiger partial charge in [-0.3, -0.25) is 4.79 Å². The van der Waals surface area contributed by atoms with Gasteiger partial charge in [0.2, 0.25) is 5.91 Å². The first-order valence-corrected chi connectivity index (χ1v) is 9.98. The molecule has 28 heavy (non-hydrogen) atoms. The molecule has 0 saturated heterocycles. The average molecular weight is 374 g/mol. The molecule has 144 valence electrons. The predicted octanol–water partition coefficient (Wildman–Crippen LogP) is 4.01. The van der Waals surface area contributed by atoms with Crippen LogP contribution in [0.25, 0.3) is 11.4 Å². The molecule has 1 N–H and O–H groups in total. The number of aryl methyl sites for hydroxylation is 3. The summed E-state index contributed by atoms with van der Waals surface area (Å²) in [4.78, 5) is 17.2. The summed E-state index contributed by atoms with van der Waals surface area (Å²) in [6.07, 6.45) is 4.84. The molecule has 0 fully saturated rings. The highest BCUT2D eigenvalue weighted by Crippen LogP contribution is 2.25. The van der Waals surface area contributed by atoms with E-state index in [9.17, 15) is 4.79 Å². The Kier molecular flexibility index (Phi) is 5.24. The van der Waals surface area contributed by atoms with Crippen LogP contribution < -0.4 is 5.32 Å². The minimum atomic E-state index is -0.0627. The maximum atomic E-state index is 12.7. The molecule has 0 bridgehead atoms. The smallest absolute Gasteiger partial charge is 0.242 e. The summed E-state index contributed by atoms with van der Waals surface area (Å²) < 4.78 is 1.68. The summed E-state index contributed by atoms with van der Waals surface area (Å²) >= 11 is 0. The number of hydrogen-bond donors (Lipinski definition) is 1. The van der Waals surface area contributed by atoms with E-state index in [0.717, 1.165) is 23.4 Å². The maximum Gasteiger partial charge on any atom is 0.242 e. The summed E-state index contributed by atoms with van der Waals surface area (Å²) in [6, 6.07) is 16.4. The zero-order chi connectivity index (χ0) is 19.5. The lowest BCUT2D eigenvalue weighted by Gasteiger charge is -2.20. The van der Waals surface area contributed by atoms with Crippen LogP contribution in [0, 0.1) is 6.92 Å². The fourth-order valence-corrected chi connectivity index (χ4v) is 3.90. The predicted molar refractivity (Wildman–Crippen MR) is 110 cm³/mol. The second-order valence-electron chi connectivity index (χ2n) is 7.53. The van der Waals surface area contributed by atoms with Crippen molar-refractivity contribution in [2.75, 3.05) is 0 Å². The molecule has 1 amide bonds. The molecular weight excluding hydrogens is 348 g/mol. The van der Waals surface area contributed by atoms with Crippen LogP contribution in [0.15, 0.2) is 48.5 Å². The van der Waals surface area contributed by atoms with Crippen molar-refractivity contribution >= 4 is 5.91 Å². The van der Waals surface area contributed by atoms with Crippen molar-refractivity contribution in [1.82, 2.24) is 20.1 Å². The van der Waals surface area contributed by atoms with Crippen LogP contribution in [-0.4, -0.2) is 20.7 Å². The summed E-state index contributed by atoms with van der Waals surface area (Å²) in [6.45, 7) is 4.03. The van der Waals surface area contributed by atoms with E-state index in [1.165, 1.54) is 30.4 Å². The van der Waals surface area contributed by atoms with Crippen molar-refractivity contribution < 1.29 is 4.79 Å². The fourth-order valence-electron chi connectivity index (χ4n) is 3.90. The molecule has 5 nitrogen and oxygen atoms in total. The molecule has 2 aromatic carbocycles. The van der Waals surface area contributed by atoms with E-state index in [-0.39, 0.29) is 18.5 Å². The van der Waals surface area contributed by atoms with Crippen LogP contribution in [0.1, 0.15) is 48.3 Å². The van der Waals surface area contributed by atoms with Gasteiger partial charge in [0.25, 0.3) is 0 Å². The second kappa shape index (κ2) is 7.97. The molecule has 4 rings (SSSR count). The van der Waals surface area contributed by atoms with Crippen molar-refractivity contribution in [2.45, 2.75) is 52.1 Å². The largest absolute Gasteiger partial charge is 0.348 e. The van der Waals surface area contributed by atoms with Gasteiger partial charge in [0.1, 0.15) is 12.4 Å². The monoisotopic (exact) mass is 374 g/mol. The molecule has 5 heteroatoms. The van der Waals surface area contributed by atoms with Crippen molar-refractivity contribution in [2.24, 2.45) is 0 Å². The van der Waals surface area contributed by atoms with Crippen molar-refractivity contribution in [3.8, 4) is 11.4 Å². The quantitative estimate of drug-likeness (QED) is 0.734. The molecule has 1 aromatic heterocycles. The third-order valence-electron chi connectivity index (χ3n) is 5.35. The molecule has 1 atom stereocenters. The third-order valence-corrected chi connectivity index (χ3v) is 5.35. The molecule has 0 radical (unpaired) electrons. The number of hydrogen-bond acceptors (Lipinski definition) is 3. The van der Waals surface area contributed by atoms with E-state index < -0.39 is 0 Å². The van der Waals surface area contributed by atoms with Gasteiger partial charge >= 0.3 is 0 Å². The number of rotatable bonds is 5. The lowest BCUT2D eigenvalue weighted by Crippen LogP contribution is -2.30. The maximum absolute atomic E-state index is 12.7. The zero-order valence-electron chi connectivity index (χ0n) is 16.5. The first-order valence-electron chi connectivity index (χ1n) is 9.98. The minimum Gasteiger partial charge on any atom is -0.348 e. The molecule has 0 saturated carbocycles. The number of nitrogens with one attached hydrogen (secondary N) is 1. The number of benzene rings is 2. The number of fused-ring (bicyclic) bond motifs is 1. The standard InChI is InChI=1S/C23H26N4O/c1-16(20-13-12-18-8-6-7-11-21(18)14-20)24-22(28)15-27-23(25-17(2)26-27)19-9-4-3-5-10-19/h3-5,9-10,12-14,16H,6-8,11,15H2,1-2H3,(H,24,28). The van der Waals surface area contributed by atoms with Crippen molar-refractivity contribution in [1.29, 1.82) is 0 Å². The Morgan fingerprint density at radius 1 is 1.11 bits per heavy atom. The third kappa shape index (κ3) is 3.98. The highest BCUT2D eigenvalue weighted by atomic mass is 16.2. The van der Waals surface area contributed by atoms with Gasteiger partial charge in [0.05, 0.1) is 6.04 Å². The summed E-state index contributed by atoms with van der Waals surface area (Å²) in [5, 5.41) is 7.52. The molecule has 1 heterocycles. The number of carbonyl (C=O) groups excluding carboxylic acids is 1. The molecule has 1 aliphatic carbocycles. The van der Waals surface area contributed by atoms with Gasteiger partial charge in [0, 0.05) is 5.56 Å². The highest BCUT2D eigenvalue weighted by molar-refractivity contribution is 5.76. The van der Waals surface area contributed by atoms with Gasteiger partial charge in [-0.15, -0.1) is 0 Å². The summed E-state index contributed by atoms with van der Waals surface area (Å²) in [5.74, 6) is 1.32. The lowest BCUT2D eigenvalue weighted by atomic mass is 9.89. The van der Waals surface area contributed by atoms with E-state index in [1.54, 1.807) is 4.68 Å². The minimum absolute atomic E-state index is 0.0375. The molecule has 3 aromatic rings. The Hall–Kier alpha value is -2.95. The molecular formula is C23H26N4O. The van der Waals surface area contributed by atoms with Crippen molar-refractivity contribution in [3.63, 3.8) is 0 Å². The first kappa shape index (κ1) is 18.4. The van der Waals surface area contributed by atoms with Gasteiger partial charge in [-0.05, 0) is 56.2 Å². The topological polar surface area (TPSA) is 59.8 Å². The van der Waals surface area contributed by atoms with E-state index in [2.05, 4.69) is 33.6 Å². The second-order valence-corrected chi connectivity index (χ2v) is 7.53. The highest BCUT2D eigenvalue weighted by Gasteiger charge is 2.17. The van der Waals surface area contributed by atoms with Crippen LogP contribution in [0.3, 0.4) is 0 Å². The van der Waals surface area contributed by atoms with E-state index in [4.69, 9.17) is 0 Å². The summed E-state index contributed by atoms with van der Waals surface area (Å²) in [5.41, 5.74) is 5.01. The average Bonchev–Trinajstić information content (AvgIpc) is 3.08. The molecule has 1 unspecified atom stereocenters. The first-order chi connectivity index (χ1) is 13.6. The fraction of sp³-hybridized carbons (Fsp3) is 0.348. The Bertz CT molecular complexity index is 978. The van der Waals surface area contributed by atoms with Crippen molar-refractivity contribution in [3.05, 3.63) is 71.0 Å². The Morgan fingerprint density at radius 2 is 1.86 bits per heavy atom. The van der Waals surface area contributed by atoms with E-state index >= 15 is 0 Å². The van der Waals surface area contributed by atoms with Crippen LogP contribution in [0.5, 0.6) is 0 Å². The van der Waals surface area contributed by atoms with Crippen LogP contribution >= 0.6 is 0 Å². The van der Waals surface area contributed by atoms with E-state index in [0.29, 0.717) is 5.82 Å². The Morgan fingerprint density at radius 3 is 2.64 bits per heavy atom. The SMILES string of the molecule is Cc1nc(-c2ccccc2)n(CC(=O)NC(C)c2ccc3c(c2)CCCC3)n1. The van der Waals surface area contributed by atoms with E-state index in [1.807, 2.05) is 44.2 Å². The van der Waals surface area contributed by atoms with Gasteiger partial charge in [0.15, 0.2) is 5.82 Å². The van der Waals surface area contributed by atoms with Gasteiger partial charge in [-0.1, -0.05) is 48.5 Å². The zero-order valence-corrected chi connectivity index (χ0v) is 16.5. The van der Waals surface area contributed by atoms with Crippen LogP contribution in [0.2, 0.25) is 0 Å². The number of amides is 1. The van der Waals surface area contributed by atoms with Crippen LogP contribution in [-0.2, 0) is 24.2 Å². The lowest BCUT2D eigenvalue weighted by molar-refractivity contribution is -0.122. The molecule has 0 aliphatic heterocycles. The number of nitrogens with zero attached hydrogens (tertiary/aromatic N) is 3. The number of aromatic nitrogens is 3. The Labute approximate surface area is 165 Å². The van der Waals surface area contributed by atoms with Gasteiger partial charge in [-0.2, -0.15) is 5.10 Å². The molecule has 0 spiro atoms. The normalized spacial score (nSPS) is 14.4. The Balaban J connectivity index is 1.46. The van der Waals surface area contributed by atoms with Gasteiger partial charge < -0.3 is 5.32 Å². The van der Waals surface area contributed by atoms with Crippen LogP contribution in [0.4, 0.5) is 0 Å².